The number of benzene rings is 1. The van der Waals surface area contributed by atoms with Crippen LogP contribution in [0.25, 0.3) is 11.4 Å². The van der Waals surface area contributed by atoms with Gasteiger partial charge in [0.05, 0.1) is 12.8 Å². The Balaban J connectivity index is 1.89. The first-order valence-corrected chi connectivity index (χ1v) is 9.60. The molecule has 6 nitrogen and oxygen atoms in total. The van der Waals surface area contributed by atoms with E-state index in [-0.39, 0.29) is 0 Å². The second kappa shape index (κ2) is 7.95. The van der Waals surface area contributed by atoms with Crippen LogP contribution in [0.4, 0.5) is 0 Å². The van der Waals surface area contributed by atoms with Gasteiger partial charge in [-0.25, -0.2) is 0 Å². The Morgan fingerprint density at radius 2 is 1.88 bits per heavy atom. The van der Waals surface area contributed by atoms with Crippen LogP contribution in [-0.4, -0.2) is 27.0 Å². The number of methoxy groups -OCH3 is 1. The zero-order chi connectivity index (χ0) is 18.7. The van der Waals surface area contributed by atoms with Gasteiger partial charge in [-0.15, -0.1) is 10.2 Å². The molecule has 3 aromatic rings. The second-order valence-electron chi connectivity index (χ2n) is 6.63. The SMILES string of the molecule is COc1ccc(-c2nnc(SCc3c(C)noc3C)n2CC(C)C)cc1. The van der Waals surface area contributed by atoms with Crippen molar-refractivity contribution in [3.63, 3.8) is 0 Å². The van der Waals surface area contributed by atoms with Crippen molar-refractivity contribution >= 4 is 11.8 Å². The van der Waals surface area contributed by atoms with Gasteiger partial charge in [0.1, 0.15) is 11.5 Å². The largest absolute Gasteiger partial charge is 0.497 e. The van der Waals surface area contributed by atoms with Crippen LogP contribution in [0.5, 0.6) is 5.75 Å². The van der Waals surface area contributed by atoms with Crippen molar-refractivity contribution in [2.24, 2.45) is 5.92 Å². The lowest BCUT2D eigenvalue weighted by atomic mass is 10.2. The van der Waals surface area contributed by atoms with E-state index in [1.165, 1.54) is 0 Å². The van der Waals surface area contributed by atoms with Crippen molar-refractivity contribution in [3.8, 4) is 17.1 Å². The van der Waals surface area contributed by atoms with E-state index in [1.807, 2.05) is 38.1 Å². The average molecular weight is 372 g/mol. The average Bonchev–Trinajstić information content (AvgIpc) is 3.16. The molecule has 0 bridgehead atoms. The molecule has 2 heterocycles. The maximum atomic E-state index is 5.26. The van der Waals surface area contributed by atoms with Gasteiger partial charge in [0.2, 0.25) is 0 Å². The lowest BCUT2D eigenvalue weighted by Gasteiger charge is -2.12. The second-order valence-corrected chi connectivity index (χ2v) is 7.57. The van der Waals surface area contributed by atoms with Gasteiger partial charge in [-0.2, -0.15) is 0 Å². The predicted molar refractivity (Wildman–Crippen MR) is 102 cm³/mol. The van der Waals surface area contributed by atoms with E-state index in [2.05, 4.69) is 33.8 Å². The Kier molecular flexibility index (Phi) is 5.66. The molecule has 3 rings (SSSR count). The van der Waals surface area contributed by atoms with Gasteiger partial charge in [-0.3, -0.25) is 0 Å². The Morgan fingerprint density at radius 3 is 2.46 bits per heavy atom. The van der Waals surface area contributed by atoms with E-state index >= 15 is 0 Å². The topological polar surface area (TPSA) is 66.0 Å². The van der Waals surface area contributed by atoms with Crippen LogP contribution in [0.3, 0.4) is 0 Å². The van der Waals surface area contributed by atoms with E-state index in [0.29, 0.717) is 5.92 Å². The van der Waals surface area contributed by atoms with Gasteiger partial charge < -0.3 is 13.8 Å². The van der Waals surface area contributed by atoms with Crippen LogP contribution >= 0.6 is 11.8 Å². The van der Waals surface area contributed by atoms with Crippen molar-refractivity contribution in [2.75, 3.05) is 7.11 Å². The Hall–Kier alpha value is -2.28. The van der Waals surface area contributed by atoms with Crippen LogP contribution in [0.2, 0.25) is 0 Å². The predicted octanol–water partition coefficient (Wildman–Crippen LogP) is 4.51. The van der Waals surface area contributed by atoms with Gasteiger partial charge in [-0.05, 0) is 44.0 Å². The first-order valence-electron chi connectivity index (χ1n) is 8.61. The highest BCUT2D eigenvalue weighted by molar-refractivity contribution is 7.98. The van der Waals surface area contributed by atoms with E-state index in [9.17, 15) is 0 Å². The minimum atomic E-state index is 0.487. The maximum absolute atomic E-state index is 5.26. The van der Waals surface area contributed by atoms with Crippen molar-refractivity contribution in [1.82, 2.24) is 19.9 Å². The fourth-order valence-corrected chi connectivity index (χ4v) is 3.82. The normalized spacial score (nSPS) is 11.3. The minimum Gasteiger partial charge on any atom is -0.497 e. The van der Waals surface area contributed by atoms with Gasteiger partial charge in [0.25, 0.3) is 0 Å². The molecule has 0 saturated heterocycles. The van der Waals surface area contributed by atoms with E-state index < -0.39 is 0 Å². The van der Waals surface area contributed by atoms with Crippen molar-refractivity contribution in [1.29, 1.82) is 0 Å². The molecule has 0 aliphatic rings. The smallest absolute Gasteiger partial charge is 0.191 e. The van der Waals surface area contributed by atoms with E-state index in [1.54, 1.807) is 18.9 Å². The minimum absolute atomic E-state index is 0.487. The van der Waals surface area contributed by atoms with Gasteiger partial charge >= 0.3 is 0 Å². The molecule has 0 atom stereocenters. The molecule has 0 radical (unpaired) electrons. The van der Waals surface area contributed by atoms with Crippen LogP contribution in [0.1, 0.15) is 30.9 Å². The molecule has 0 saturated carbocycles. The molecule has 0 spiro atoms. The fraction of sp³-hybridized carbons (Fsp3) is 0.421. The summed E-state index contributed by atoms with van der Waals surface area (Å²) in [6.45, 7) is 9.16. The van der Waals surface area contributed by atoms with Crippen molar-refractivity contribution < 1.29 is 9.26 Å². The zero-order valence-electron chi connectivity index (χ0n) is 15.8. The van der Waals surface area contributed by atoms with Crippen LogP contribution in [0, 0.1) is 19.8 Å². The molecule has 0 aliphatic carbocycles. The Labute approximate surface area is 157 Å². The summed E-state index contributed by atoms with van der Waals surface area (Å²) < 4.78 is 12.7. The lowest BCUT2D eigenvalue weighted by molar-refractivity contribution is 0.392. The summed E-state index contributed by atoms with van der Waals surface area (Å²) in [6.07, 6.45) is 0. The zero-order valence-corrected chi connectivity index (χ0v) is 16.6. The van der Waals surface area contributed by atoms with Gasteiger partial charge in [0, 0.05) is 23.4 Å². The molecule has 0 aliphatic heterocycles. The number of hydrogen-bond donors (Lipinski definition) is 0. The number of aryl methyl sites for hydroxylation is 2. The number of aromatic nitrogens is 4. The quantitative estimate of drug-likeness (QED) is 0.569. The summed E-state index contributed by atoms with van der Waals surface area (Å²) in [5.74, 6) is 3.82. The highest BCUT2D eigenvalue weighted by Gasteiger charge is 2.17. The Bertz CT molecular complexity index is 849. The van der Waals surface area contributed by atoms with Gasteiger partial charge in [-0.1, -0.05) is 30.8 Å². The molecule has 0 amide bonds. The Morgan fingerprint density at radius 1 is 1.15 bits per heavy atom. The lowest BCUT2D eigenvalue weighted by Crippen LogP contribution is -2.08. The molecule has 1 aromatic carbocycles. The fourth-order valence-electron chi connectivity index (χ4n) is 2.72. The standard InChI is InChI=1S/C19H24N4O2S/c1-12(2)10-23-18(15-6-8-16(24-5)9-7-15)20-21-19(23)26-11-17-13(3)22-25-14(17)4/h6-9,12H,10-11H2,1-5H3. The highest BCUT2D eigenvalue weighted by Crippen LogP contribution is 2.29. The monoisotopic (exact) mass is 372 g/mol. The molecular formula is C19H24N4O2S. The molecule has 0 unspecified atom stereocenters. The first kappa shape index (κ1) is 18.5. The number of rotatable bonds is 7. The summed E-state index contributed by atoms with van der Waals surface area (Å²) in [5, 5.41) is 13.8. The highest BCUT2D eigenvalue weighted by atomic mass is 32.2. The third-order valence-corrected chi connectivity index (χ3v) is 5.13. The summed E-state index contributed by atoms with van der Waals surface area (Å²) in [5.41, 5.74) is 3.09. The third-order valence-electron chi connectivity index (χ3n) is 4.14. The van der Waals surface area contributed by atoms with E-state index in [0.717, 1.165) is 51.6 Å². The van der Waals surface area contributed by atoms with E-state index in [4.69, 9.17) is 9.26 Å². The summed E-state index contributed by atoms with van der Waals surface area (Å²) in [6, 6.07) is 7.92. The molecule has 26 heavy (non-hydrogen) atoms. The van der Waals surface area contributed by atoms with Gasteiger partial charge in [0.15, 0.2) is 11.0 Å². The molecule has 0 N–H and O–H groups in total. The van der Waals surface area contributed by atoms with Crippen molar-refractivity contribution in [2.45, 2.75) is 45.1 Å². The number of thioether (sulfide) groups is 1. The van der Waals surface area contributed by atoms with Crippen LogP contribution in [0.15, 0.2) is 33.9 Å². The third kappa shape index (κ3) is 3.93. The number of ether oxygens (including phenoxy) is 1. The molecule has 2 aromatic heterocycles. The molecule has 7 heteroatoms. The number of hydrogen-bond acceptors (Lipinski definition) is 6. The maximum Gasteiger partial charge on any atom is 0.191 e. The molecule has 138 valence electrons. The summed E-state index contributed by atoms with van der Waals surface area (Å²) >= 11 is 1.66. The van der Waals surface area contributed by atoms with Crippen LogP contribution in [-0.2, 0) is 12.3 Å². The summed E-state index contributed by atoms with van der Waals surface area (Å²) in [4.78, 5) is 0. The summed E-state index contributed by atoms with van der Waals surface area (Å²) in [7, 11) is 1.67. The first-order chi connectivity index (χ1) is 12.5. The molecule has 0 fully saturated rings. The van der Waals surface area contributed by atoms with Crippen molar-refractivity contribution in [3.05, 3.63) is 41.3 Å². The molecular weight excluding hydrogens is 348 g/mol. The number of nitrogens with zero attached hydrogens (tertiary/aromatic N) is 4. The van der Waals surface area contributed by atoms with Crippen LogP contribution < -0.4 is 4.74 Å².